The van der Waals surface area contributed by atoms with Gasteiger partial charge < -0.3 is 19.4 Å². The SMILES string of the molecule is COC(=O)c1cc(CN(C)CC(=O)N2CCNCC2)oc1C.Cl. The lowest BCUT2D eigenvalue weighted by Crippen LogP contribution is -2.49. The minimum atomic E-state index is -0.410. The lowest BCUT2D eigenvalue weighted by atomic mass is 10.2. The van der Waals surface area contributed by atoms with Crippen LogP contribution in [0.5, 0.6) is 0 Å². The predicted octanol–water partition coefficient (Wildman–Crippen LogP) is 0.660. The molecule has 0 aromatic carbocycles. The van der Waals surface area contributed by atoms with Crippen LogP contribution in [0.3, 0.4) is 0 Å². The summed E-state index contributed by atoms with van der Waals surface area (Å²) in [7, 11) is 3.20. The number of carbonyl (C=O) groups is 2. The van der Waals surface area contributed by atoms with Gasteiger partial charge in [0.05, 0.1) is 20.2 Å². The number of methoxy groups -OCH3 is 1. The molecule has 23 heavy (non-hydrogen) atoms. The Hall–Kier alpha value is -1.57. The second kappa shape index (κ2) is 8.90. The third-order valence-electron chi connectivity index (χ3n) is 3.67. The Balaban J connectivity index is 0.00000264. The molecule has 1 amide bonds. The zero-order chi connectivity index (χ0) is 16.1. The van der Waals surface area contributed by atoms with Crippen molar-refractivity contribution in [2.75, 3.05) is 46.9 Å². The highest BCUT2D eigenvalue weighted by Gasteiger charge is 2.20. The van der Waals surface area contributed by atoms with Crippen molar-refractivity contribution in [2.24, 2.45) is 0 Å². The van der Waals surface area contributed by atoms with Gasteiger partial charge in [0.2, 0.25) is 5.91 Å². The second-order valence-electron chi connectivity index (χ2n) is 5.48. The maximum Gasteiger partial charge on any atom is 0.341 e. The molecule has 1 N–H and O–H groups in total. The fraction of sp³-hybridized carbons (Fsp3) is 0.600. The number of rotatable bonds is 5. The van der Waals surface area contributed by atoms with Gasteiger partial charge in [-0.05, 0) is 20.0 Å². The van der Waals surface area contributed by atoms with Gasteiger partial charge in [0.1, 0.15) is 17.1 Å². The van der Waals surface area contributed by atoms with E-state index in [9.17, 15) is 9.59 Å². The lowest BCUT2D eigenvalue weighted by molar-refractivity contribution is -0.132. The number of nitrogens with one attached hydrogen (secondary N) is 1. The first kappa shape index (κ1) is 19.5. The molecule has 8 heteroatoms. The summed E-state index contributed by atoms with van der Waals surface area (Å²) < 4.78 is 10.3. The molecule has 1 aromatic rings. The summed E-state index contributed by atoms with van der Waals surface area (Å²) >= 11 is 0. The second-order valence-corrected chi connectivity index (χ2v) is 5.48. The van der Waals surface area contributed by atoms with Gasteiger partial charge in [0.15, 0.2) is 0 Å². The highest BCUT2D eigenvalue weighted by molar-refractivity contribution is 5.90. The molecular formula is C15H24ClN3O4. The number of piperazine rings is 1. The van der Waals surface area contributed by atoms with Crippen LogP contribution in [-0.4, -0.2) is 68.6 Å². The molecule has 0 aliphatic carbocycles. The third kappa shape index (κ3) is 5.23. The Morgan fingerprint density at radius 3 is 2.65 bits per heavy atom. The molecule has 0 saturated carbocycles. The average Bonchev–Trinajstić information content (AvgIpc) is 2.87. The first-order valence-corrected chi connectivity index (χ1v) is 7.36. The molecule has 0 unspecified atom stereocenters. The number of esters is 1. The number of hydrogen-bond donors (Lipinski definition) is 1. The van der Waals surface area contributed by atoms with Gasteiger partial charge in [-0.15, -0.1) is 12.4 Å². The summed E-state index contributed by atoms with van der Waals surface area (Å²) in [5, 5.41) is 3.22. The highest BCUT2D eigenvalue weighted by Crippen LogP contribution is 2.17. The van der Waals surface area contributed by atoms with E-state index in [1.807, 2.05) is 16.8 Å². The molecule has 2 heterocycles. The van der Waals surface area contributed by atoms with Crippen LogP contribution in [-0.2, 0) is 16.1 Å². The van der Waals surface area contributed by atoms with E-state index in [4.69, 9.17) is 9.15 Å². The van der Waals surface area contributed by atoms with Crippen LogP contribution >= 0.6 is 12.4 Å². The molecule has 130 valence electrons. The van der Waals surface area contributed by atoms with Gasteiger partial charge in [-0.2, -0.15) is 0 Å². The van der Waals surface area contributed by atoms with Crippen molar-refractivity contribution in [1.82, 2.24) is 15.1 Å². The molecular weight excluding hydrogens is 322 g/mol. The molecule has 1 saturated heterocycles. The number of nitrogens with zero attached hydrogens (tertiary/aromatic N) is 2. The molecule has 7 nitrogen and oxygen atoms in total. The Kier molecular flexibility index (Phi) is 7.54. The molecule has 0 atom stereocenters. The van der Waals surface area contributed by atoms with Crippen molar-refractivity contribution >= 4 is 24.3 Å². The van der Waals surface area contributed by atoms with Crippen LogP contribution < -0.4 is 5.32 Å². The zero-order valence-electron chi connectivity index (χ0n) is 13.8. The van der Waals surface area contributed by atoms with Crippen molar-refractivity contribution in [2.45, 2.75) is 13.5 Å². The summed E-state index contributed by atoms with van der Waals surface area (Å²) in [6.07, 6.45) is 0. The Labute approximate surface area is 142 Å². The number of ether oxygens (including phenoxy) is 1. The van der Waals surface area contributed by atoms with E-state index in [2.05, 4.69) is 5.32 Å². The van der Waals surface area contributed by atoms with E-state index >= 15 is 0 Å². The Morgan fingerprint density at radius 2 is 2.04 bits per heavy atom. The van der Waals surface area contributed by atoms with E-state index in [1.54, 1.807) is 13.0 Å². The van der Waals surface area contributed by atoms with Crippen LogP contribution in [0.1, 0.15) is 21.9 Å². The smallest absolute Gasteiger partial charge is 0.341 e. The van der Waals surface area contributed by atoms with Gasteiger partial charge in [-0.3, -0.25) is 9.69 Å². The summed E-state index contributed by atoms with van der Waals surface area (Å²) in [6, 6.07) is 1.67. The monoisotopic (exact) mass is 345 g/mol. The number of furan rings is 1. The van der Waals surface area contributed by atoms with Gasteiger partial charge in [0, 0.05) is 26.2 Å². The topological polar surface area (TPSA) is 75.0 Å². The molecule has 1 aliphatic rings. The zero-order valence-corrected chi connectivity index (χ0v) is 14.6. The van der Waals surface area contributed by atoms with Gasteiger partial charge in [0.25, 0.3) is 0 Å². The van der Waals surface area contributed by atoms with E-state index in [0.29, 0.717) is 30.2 Å². The van der Waals surface area contributed by atoms with Gasteiger partial charge in [-0.1, -0.05) is 0 Å². The van der Waals surface area contributed by atoms with Crippen molar-refractivity contribution in [3.8, 4) is 0 Å². The predicted molar refractivity (Wildman–Crippen MR) is 87.8 cm³/mol. The lowest BCUT2D eigenvalue weighted by Gasteiger charge is -2.29. The number of aryl methyl sites for hydroxylation is 1. The first-order valence-electron chi connectivity index (χ1n) is 7.36. The molecule has 1 aromatic heterocycles. The van der Waals surface area contributed by atoms with Crippen LogP contribution in [0.25, 0.3) is 0 Å². The molecule has 1 aliphatic heterocycles. The molecule has 2 rings (SSSR count). The van der Waals surface area contributed by atoms with Crippen LogP contribution in [0, 0.1) is 6.92 Å². The van der Waals surface area contributed by atoms with E-state index in [-0.39, 0.29) is 18.3 Å². The Morgan fingerprint density at radius 1 is 1.39 bits per heavy atom. The molecule has 0 radical (unpaired) electrons. The van der Waals surface area contributed by atoms with E-state index < -0.39 is 5.97 Å². The number of hydrogen-bond acceptors (Lipinski definition) is 6. The first-order chi connectivity index (χ1) is 10.5. The van der Waals surface area contributed by atoms with Crippen LogP contribution in [0.2, 0.25) is 0 Å². The highest BCUT2D eigenvalue weighted by atomic mass is 35.5. The largest absolute Gasteiger partial charge is 0.465 e. The normalized spacial score (nSPS) is 14.5. The molecule has 0 bridgehead atoms. The maximum absolute atomic E-state index is 12.2. The molecule has 1 fully saturated rings. The van der Waals surface area contributed by atoms with Crippen molar-refractivity contribution in [1.29, 1.82) is 0 Å². The standard InChI is InChI=1S/C15H23N3O4.ClH/c1-11-13(15(20)21-3)8-12(22-11)9-17(2)10-14(19)18-6-4-16-5-7-18;/h8,16H,4-7,9-10H2,1-3H3;1H. The summed E-state index contributed by atoms with van der Waals surface area (Å²) in [4.78, 5) is 27.5. The fourth-order valence-electron chi connectivity index (χ4n) is 2.50. The summed E-state index contributed by atoms with van der Waals surface area (Å²) in [5.74, 6) is 0.879. The maximum atomic E-state index is 12.2. The average molecular weight is 346 g/mol. The number of halogens is 1. The number of likely N-dealkylation sites (N-methyl/N-ethyl adjacent to an activating group) is 1. The number of amides is 1. The van der Waals surface area contributed by atoms with E-state index in [1.165, 1.54) is 7.11 Å². The van der Waals surface area contributed by atoms with Gasteiger partial charge >= 0.3 is 5.97 Å². The fourth-order valence-corrected chi connectivity index (χ4v) is 2.50. The van der Waals surface area contributed by atoms with E-state index in [0.717, 1.165) is 26.2 Å². The quantitative estimate of drug-likeness (QED) is 0.790. The van der Waals surface area contributed by atoms with Crippen molar-refractivity contribution < 1.29 is 18.7 Å². The minimum absolute atomic E-state index is 0. The van der Waals surface area contributed by atoms with Crippen LogP contribution in [0.15, 0.2) is 10.5 Å². The minimum Gasteiger partial charge on any atom is -0.465 e. The van der Waals surface area contributed by atoms with Gasteiger partial charge in [-0.25, -0.2) is 4.79 Å². The summed E-state index contributed by atoms with van der Waals surface area (Å²) in [5.41, 5.74) is 0.430. The Bertz CT molecular complexity index is 541. The third-order valence-corrected chi connectivity index (χ3v) is 3.67. The van der Waals surface area contributed by atoms with Crippen molar-refractivity contribution in [3.05, 3.63) is 23.2 Å². The summed E-state index contributed by atoms with van der Waals surface area (Å²) in [6.45, 7) is 5.70. The molecule has 0 spiro atoms. The van der Waals surface area contributed by atoms with Crippen LogP contribution in [0.4, 0.5) is 0 Å². The van der Waals surface area contributed by atoms with Crippen molar-refractivity contribution in [3.63, 3.8) is 0 Å². The number of carbonyl (C=O) groups excluding carboxylic acids is 2.